The highest BCUT2D eigenvalue weighted by atomic mass is 32.2. The highest BCUT2D eigenvalue weighted by Crippen LogP contribution is 2.22. The molecule has 0 aliphatic rings. The summed E-state index contributed by atoms with van der Waals surface area (Å²) in [7, 11) is -1.79. The molecule has 0 aliphatic carbocycles. The molecule has 0 spiro atoms. The third-order valence-electron chi connectivity index (χ3n) is 2.19. The third-order valence-corrected chi connectivity index (χ3v) is 4.02. The Morgan fingerprint density at radius 3 is 2.56 bits per heavy atom. The second-order valence-electron chi connectivity index (χ2n) is 3.45. The molecule has 100 valence electrons. The standard InChI is InChI=1S/C10H12FNO5S/c1-12(6-10(13)14)18(15,16)9-4-3-7(17-2)5-8(9)11/h3-5H,6H2,1-2H3,(H,13,14). The molecule has 6 nitrogen and oxygen atoms in total. The molecule has 0 atom stereocenters. The van der Waals surface area contributed by atoms with Crippen LogP contribution >= 0.6 is 0 Å². The molecule has 0 amide bonds. The van der Waals surface area contributed by atoms with Gasteiger partial charge in [-0.2, -0.15) is 4.31 Å². The zero-order valence-electron chi connectivity index (χ0n) is 9.75. The van der Waals surface area contributed by atoms with E-state index in [9.17, 15) is 17.6 Å². The van der Waals surface area contributed by atoms with Crippen molar-refractivity contribution in [2.75, 3.05) is 20.7 Å². The number of benzene rings is 1. The molecule has 1 N–H and O–H groups in total. The van der Waals surface area contributed by atoms with Crippen molar-refractivity contribution in [2.24, 2.45) is 0 Å². The first-order chi connectivity index (χ1) is 8.28. The van der Waals surface area contributed by atoms with Crippen molar-refractivity contribution >= 4 is 16.0 Å². The van der Waals surface area contributed by atoms with Crippen LogP contribution in [0.1, 0.15) is 0 Å². The van der Waals surface area contributed by atoms with E-state index in [1.165, 1.54) is 13.2 Å². The van der Waals surface area contributed by atoms with Crippen molar-refractivity contribution in [3.05, 3.63) is 24.0 Å². The molecule has 0 bridgehead atoms. The van der Waals surface area contributed by atoms with Crippen molar-refractivity contribution in [2.45, 2.75) is 4.90 Å². The maximum absolute atomic E-state index is 13.6. The van der Waals surface area contributed by atoms with Gasteiger partial charge in [0.15, 0.2) is 0 Å². The molecule has 8 heteroatoms. The lowest BCUT2D eigenvalue weighted by Gasteiger charge is -2.15. The van der Waals surface area contributed by atoms with Gasteiger partial charge in [-0.1, -0.05) is 0 Å². The summed E-state index contributed by atoms with van der Waals surface area (Å²) in [4.78, 5) is 9.86. The summed E-state index contributed by atoms with van der Waals surface area (Å²) in [5.74, 6) is -2.14. The average molecular weight is 277 g/mol. The molecule has 0 unspecified atom stereocenters. The van der Waals surface area contributed by atoms with E-state index in [-0.39, 0.29) is 5.75 Å². The van der Waals surface area contributed by atoms with Crippen LogP contribution in [0.2, 0.25) is 0 Å². The van der Waals surface area contributed by atoms with Gasteiger partial charge in [0, 0.05) is 13.1 Å². The van der Waals surface area contributed by atoms with Gasteiger partial charge < -0.3 is 9.84 Å². The van der Waals surface area contributed by atoms with Crippen LogP contribution in [0.3, 0.4) is 0 Å². The van der Waals surface area contributed by atoms with E-state index in [2.05, 4.69) is 0 Å². The van der Waals surface area contributed by atoms with Crippen LogP contribution in [0, 0.1) is 5.82 Å². The van der Waals surface area contributed by atoms with Gasteiger partial charge in [-0.05, 0) is 12.1 Å². The van der Waals surface area contributed by atoms with Gasteiger partial charge in [0.1, 0.15) is 23.0 Å². The number of sulfonamides is 1. The predicted molar refractivity (Wildman–Crippen MR) is 60.4 cm³/mol. The summed E-state index contributed by atoms with van der Waals surface area (Å²) >= 11 is 0. The number of halogens is 1. The summed E-state index contributed by atoms with van der Waals surface area (Å²) in [6.07, 6.45) is 0. The number of likely N-dealkylation sites (N-methyl/N-ethyl adjacent to an activating group) is 1. The van der Waals surface area contributed by atoms with E-state index >= 15 is 0 Å². The van der Waals surface area contributed by atoms with Gasteiger partial charge in [-0.3, -0.25) is 4.79 Å². The summed E-state index contributed by atoms with van der Waals surface area (Å²) in [5.41, 5.74) is 0. The first-order valence-corrected chi connectivity index (χ1v) is 6.24. The fourth-order valence-electron chi connectivity index (χ4n) is 1.26. The zero-order chi connectivity index (χ0) is 13.9. The normalized spacial score (nSPS) is 11.6. The number of nitrogens with zero attached hydrogens (tertiary/aromatic N) is 1. The SMILES string of the molecule is COc1ccc(S(=O)(=O)N(C)CC(=O)O)c(F)c1. The largest absolute Gasteiger partial charge is 0.497 e. The Kier molecular flexibility index (Phi) is 4.25. The molecule has 1 aromatic rings. The number of carboxylic acids is 1. The third kappa shape index (κ3) is 2.96. The minimum absolute atomic E-state index is 0.173. The number of hydrogen-bond acceptors (Lipinski definition) is 4. The lowest BCUT2D eigenvalue weighted by atomic mass is 10.3. The fourth-order valence-corrected chi connectivity index (χ4v) is 2.42. The van der Waals surface area contributed by atoms with E-state index in [0.717, 1.165) is 19.2 Å². The first kappa shape index (κ1) is 14.4. The van der Waals surface area contributed by atoms with E-state index in [4.69, 9.17) is 9.84 Å². The van der Waals surface area contributed by atoms with Gasteiger partial charge in [0.25, 0.3) is 0 Å². The monoisotopic (exact) mass is 277 g/mol. The van der Waals surface area contributed by atoms with E-state index in [1.807, 2.05) is 0 Å². The summed E-state index contributed by atoms with van der Waals surface area (Å²) in [6, 6.07) is 3.23. The molecule has 0 saturated carbocycles. The van der Waals surface area contributed by atoms with Crippen LogP contribution in [-0.4, -0.2) is 44.5 Å². The van der Waals surface area contributed by atoms with Gasteiger partial charge in [0.05, 0.1) is 7.11 Å². The Labute approximate surface area is 104 Å². The lowest BCUT2D eigenvalue weighted by Crippen LogP contribution is -2.32. The molecule has 0 aromatic heterocycles. The maximum Gasteiger partial charge on any atom is 0.318 e. The quantitative estimate of drug-likeness (QED) is 0.849. The highest BCUT2D eigenvalue weighted by Gasteiger charge is 2.26. The average Bonchev–Trinajstić information content (AvgIpc) is 2.27. The molecule has 0 radical (unpaired) electrons. The number of methoxy groups -OCH3 is 1. The molecular formula is C10H12FNO5S. The molecule has 1 rings (SSSR count). The Hall–Kier alpha value is -1.67. The van der Waals surface area contributed by atoms with Crippen LogP contribution in [0.25, 0.3) is 0 Å². The van der Waals surface area contributed by atoms with Crippen molar-refractivity contribution < 1.29 is 27.4 Å². The van der Waals surface area contributed by atoms with Crippen LogP contribution in [-0.2, 0) is 14.8 Å². The van der Waals surface area contributed by atoms with Gasteiger partial charge in [-0.15, -0.1) is 0 Å². The van der Waals surface area contributed by atoms with Gasteiger partial charge in [-0.25, -0.2) is 12.8 Å². The Balaban J connectivity index is 3.16. The second-order valence-corrected chi connectivity index (χ2v) is 5.46. The molecule has 0 aliphatic heterocycles. The molecule has 18 heavy (non-hydrogen) atoms. The Morgan fingerprint density at radius 1 is 1.50 bits per heavy atom. The topological polar surface area (TPSA) is 83.9 Å². The number of rotatable bonds is 5. The summed E-state index contributed by atoms with van der Waals surface area (Å²) < 4.78 is 42.6. The first-order valence-electron chi connectivity index (χ1n) is 4.80. The van der Waals surface area contributed by atoms with Crippen molar-refractivity contribution in [1.29, 1.82) is 0 Å². The summed E-state index contributed by atoms with van der Waals surface area (Å²) in [5, 5.41) is 8.53. The van der Waals surface area contributed by atoms with Crippen molar-refractivity contribution in [3.63, 3.8) is 0 Å². The number of carboxylic acid groups (broad SMARTS) is 1. The molecule has 1 aromatic carbocycles. The van der Waals surface area contributed by atoms with Crippen LogP contribution in [0.5, 0.6) is 5.75 Å². The lowest BCUT2D eigenvalue weighted by molar-refractivity contribution is -0.137. The van der Waals surface area contributed by atoms with Gasteiger partial charge >= 0.3 is 5.97 Å². The predicted octanol–water partition coefficient (Wildman–Crippen LogP) is 0.539. The van der Waals surface area contributed by atoms with E-state index in [1.54, 1.807) is 0 Å². The number of carbonyl (C=O) groups is 1. The number of hydrogen-bond donors (Lipinski definition) is 1. The highest BCUT2D eigenvalue weighted by molar-refractivity contribution is 7.89. The number of aliphatic carboxylic acids is 1. The molecule has 0 fully saturated rings. The van der Waals surface area contributed by atoms with E-state index in [0.29, 0.717) is 4.31 Å². The minimum Gasteiger partial charge on any atom is -0.497 e. The van der Waals surface area contributed by atoms with Crippen molar-refractivity contribution in [3.8, 4) is 5.75 Å². The minimum atomic E-state index is -4.17. The zero-order valence-corrected chi connectivity index (χ0v) is 10.6. The smallest absolute Gasteiger partial charge is 0.318 e. The second kappa shape index (κ2) is 5.32. The van der Waals surface area contributed by atoms with Crippen LogP contribution < -0.4 is 4.74 Å². The molecule has 0 saturated heterocycles. The fraction of sp³-hybridized carbons (Fsp3) is 0.300. The van der Waals surface area contributed by atoms with Gasteiger partial charge in [0.2, 0.25) is 10.0 Å². The molecular weight excluding hydrogens is 265 g/mol. The Morgan fingerprint density at radius 2 is 2.11 bits per heavy atom. The Bertz CT molecular complexity index is 557. The number of ether oxygens (including phenoxy) is 1. The van der Waals surface area contributed by atoms with E-state index < -0.39 is 33.3 Å². The maximum atomic E-state index is 13.6. The molecule has 0 heterocycles. The van der Waals surface area contributed by atoms with Crippen molar-refractivity contribution in [1.82, 2.24) is 4.31 Å². The van der Waals surface area contributed by atoms with Crippen LogP contribution in [0.4, 0.5) is 4.39 Å². The summed E-state index contributed by atoms with van der Waals surface area (Å²) in [6.45, 7) is -0.742. The van der Waals surface area contributed by atoms with Crippen LogP contribution in [0.15, 0.2) is 23.1 Å².